The number of hydrogen-bond acceptors (Lipinski definition) is 5. The molecule has 0 fully saturated rings. The van der Waals surface area contributed by atoms with Gasteiger partial charge in [-0.2, -0.15) is 0 Å². The summed E-state index contributed by atoms with van der Waals surface area (Å²) < 4.78 is 15.5. The van der Waals surface area contributed by atoms with E-state index in [2.05, 4.69) is 0 Å². The topological polar surface area (TPSA) is 61.8 Å². The van der Waals surface area contributed by atoms with E-state index in [1.807, 2.05) is 19.9 Å². The van der Waals surface area contributed by atoms with E-state index in [1.165, 1.54) is 0 Å². The number of benzene rings is 2. The number of Topliss-reactive ketones (excluding diaryl/α,β-unsaturated/α-hetero) is 1. The predicted molar refractivity (Wildman–Crippen MR) is 83.1 cm³/mol. The maximum Gasteiger partial charge on any atom is 0.338 e. The van der Waals surface area contributed by atoms with Crippen LogP contribution in [-0.2, 0) is 4.74 Å². The van der Waals surface area contributed by atoms with E-state index in [0.717, 1.165) is 11.1 Å². The third-order valence-electron chi connectivity index (χ3n) is 3.77. The van der Waals surface area contributed by atoms with Crippen LogP contribution in [0.1, 0.15) is 31.8 Å². The van der Waals surface area contributed by atoms with Crippen molar-refractivity contribution < 1.29 is 23.8 Å². The van der Waals surface area contributed by atoms with Crippen molar-refractivity contribution >= 4 is 11.8 Å². The van der Waals surface area contributed by atoms with E-state index >= 15 is 0 Å². The molecule has 0 saturated heterocycles. The number of carbonyl (C=O) groups is 2. The number of carbonyl (C=O) groups excluding carboxylic acids is 2. The van der Waals surface area contributed by atoms with Gasteiger partial charge in [-0.05, 0) is 49.2 Å². The van der Waals surface area contributed by atoms with Crippen molar-refractivity contribution in [1.29, 1.82) is 0 Å². The van der Waals surface area contributed by atoms with Crippen molar-refractivity contribution in [2.45, 2.75) is 13.8 Å². The predicted octanol–water partition coefficient (Wildman–Crippen LogP) is 3.07. The highest BCUT2D eigenvalue weighted by Crippen LogP contribution is 2.32. The molecule has 2 aromatic carbocycles. The molecule has 2 aromatic rings. The molecule has 1 aliphatic heterocycles. The smallest absolute Gasteiger partial charge is 0.338 e. The van der Waals surface area contributed by atoms with Crippen LogP contribution in [0.5, 0.6) is 11.5 Å². The number of aryl methyl sites for hydroxylation is 2. The van der Waals surface area contributed by atoms with Gasteiger partial charge >= 0.3 is 5.97 Å². The summed E-state index contributed by atoms with van der Waals surface area (Å²) in [6, 6.07) is 10.2. The summed E-state index contributed by atoms with van der Waals surface area (Å²) in [6.45, 7) is 3.75. The van der Waals surface area contributed by atoms with Crippen LogP contribution in [0.3, 0.4) is 0 Å². The van der Waals surface area contributed by atoms with Gasteiger partial charge in [-0.1, -0.05) is 12.1 Å². The number of fused-ring (bicyclic) bond motifs is 1. The molecule has 0 radical (unpaired) electrons. The summed E-state index contributed by atoms with van der Waals surface area (Å²) in [6.07, 6.45) is 0. The lowest BCUT2D eigenvalue weighted by molar-refractivity contribution is 0.0474. The minimum absolute atomic E-state index is 0.138. The monoisotopic (exact) mass is 312 g/mol. The van der Waals surface area contributed by atoms with Gasteiger partial charge in [-0.15, -0.1) is 0 Å². The molecule has 0 N–H and O–H groups in total. The molecule has 5 heteroatoms. The molecule has 0 aliphatic carbocycles. The van der Waals surface area contributed by atoms with Crippen LogP contribution in [0.25, 0.3) is 0 Å². The molecule has 23 heavy (non-hydrogen) atoms. The highest BCUT2D eigenvalue weighted by atomic mass is 16.7. The first kappa shape index (κ1) is 15.1. The number of esters is 1. The standard InChI is InChI=1S/C18H16O5/c1-11-3-4-13(7-12(11)2)15(19)9-21-18(20)14-5-6-16-17(8-14)23-10-22-16/h3-8H,9-10H2,1-2H3. The molecule has 0 aromatic heterocycles. The molecule has 0 saturated carbocycles. The molecular formula is C18H16O5. The Balaban J connectivity index is 1.64. The zero-order valence-electron chi connectivity index (χ0n) is 12.9. The Morgan fingerprint density at radius 1 is 0.957 bits per heavy atom. The summed E-state index contributed by atoms with van der Waals surface area (Å²) in [4.78, 5) is 24.1. The van der Waals surface area contributed by atoms with Gasteiger partial charge in [0.25, 0.3) is 0 Å². The second-order valence-corrected chi connectivity index (χ2v) is 5.37. The van der Waals surface area contributed by atoms with Crippen LogP contribution in [0.2, 0.25) is 0 Å². The second kappa shape index (κ2) is 6.12. The Kier molecular flexibility index (Phi) is 4.02. The van der Waals surface area contributed by atoms with E-state index in [9.17, 15) is 9.59 Å². The van der Waals surface area contributed by atoms with Crippen molar-refractivity contribution in [3.05, 3.63) is 58.7 Å². The first-order chi connectivity index (χ1) is 11.0. The molecule has 0 amide bonds. The second-order valence-electron chi connectivity index (χ2n) is 5.37. The molecule has 1 aliphatic rings. The molecule has 0 atom stereocenters. The fraction of sp³-hybridized carbons (Fsp3) is 0.222. The average molecular weight is 312 g/mol. The van der Waals surface area contributed by atoms with E-state index < -0.39 is 5.97 Å². The van der Waals surface area contributed by atoms with Gasteiger partial charge < -0.3 is 14.2 Å². The summed E-state index contributed by atoms with van der Waals surface area (Å²) in [5.74, 6) is 0.287. The van der Waals surface area contributed by atoms with E-state index in [4.69, 9.17) is 14.2 Å². The lowest BCUT2D eigenvalue weighted by Gasteiger charge is -2.07. The van der Waals surface area contributed by atoms with Crippen molar-refractivity contribution in [2.75, 3.05) is 13.4 Å². The first-order valence-corrected chi connectivity index (χ1v) is 7.22. The van der Waals surface area contributed by atoms with E-state index in [0.29, 0.717) is 22.6 Å². The van der Waals surface area contributed by atoms with Gasteiger partial charge in [0.05, 0.1) is 5.56 Å². The summed E-state index contributed by atoms with van der Waals surface area (Å²) in [7, 11) is 0. The van der Waals surface area contributed by atoms with E-state index in [1.54, 1.807) is 30.3 Å². The molecular weight excluding hydrogens is 296 g/mol. The van der Waals surface area contributed by atoms with Gasteiger partial charge in [0, 0.05) is 5.56 Å². The fourth-order valence-corrected chi connectivity index (χ4v) is 2.24. The van der Waals surface area contributed by atoms with Crippen LogP contribution in [0.4, 0.5) is 0 Å². The lowest BCUT2D eigenvalue weighted by Crippen LogP contribution is -2.14. The van der Waals surface area contributed by atoms with Gasteiger partial charge in [-0.3, -0.25) is 4.79 Å². The average Bonchev–Trinajstić information content (AvgIpc) is 3.02. The third kappa shape index (κ3) is 3.18. The normalized spacial score (nSPS) is 12.1. The van der Waals surface area contributed by atoms with Crippen molar-refractivity contribution in [3.63, 3.8) is 0 Å². The van der Waals surface area contributed by atoms with Crippen LogP contribution in [0.15, 0.2) is 36.4 Å². The van der Waals surface area contributed by atoms with Gasteiger partial charge in [0.1, 0.15) is 0 Å². The van der Waals surface area contributed by atoms with Crippen LogP contribution in [-0.4, -0.2) is 25.2 Å². The van der Waals surface area contributed by atoms with Crippen LogP contribution < -0.4 is 9.47 Å². The first-order valence-electron chi connectivity index (χ1n) is 7.22. The Morgan fingerprint density at radius 2 is 1.70 bits per heavy atom. The molecule has 1 heterocycles. The Bertz CT molecular complexity index is 779. The minimum atomic E-state index is -0.569. The van der Waals surface area contributed by atoms with Crippen LogP contribution >= 0.6 is 0 Å². The number of hydrogen-bond donors (Lipinski definition) is 0. The quantitative estimate of drug-likeness (QED) is 0.641. The largest absolute Gasteiger partial charge is 0.454 e. The van der Waals surface area contributed by atoms with Crippen molar-refractivity contribution in [1.82, 2.24) is 0 Å². The zero-order chi connectivity index (χ0) is 16.4. The van der Waals surface area contributed by atoms with Gasteiger partial charge in [-0.25, -0.2) is 4.79 Å². The number of rotatable bonds is 4. The molecule has 0 spiro atoms. The molecule has 3 rings (SSSR count). The van der Waals surface area contributed by atoms with Gasteiger partial charge in [0.2, 0.25) is 6.79 Å². The maximum absolute atomic E-state index is 12.1. The van der Waals surface area contributed by atoms with Gasteiger partial charge in [0.15, 0.2) is 23.9 Å². The Hall–Kier alpha value is -2.82. The fourth-order valence-electron chi connectivity index (χ4n) is 2.24. The maximum atomic E-state index is 12.1. The molecule has 5 nitrogen and oxygen atoms in total. The molecule has 118 valence electrons. The van der Waals surface area contributed by atoms with Crippen molar-refractivity contribution in [2.24, 2.45) is 0 Å². The number of ketones is 1. The molecule has 0 unspecified atom stereocenters. The van der Waals surface area contributed by atoms with Crippen LogP contribution in [0, 0.1) is 13.8 Å². The third-order valence-corrected chi connectivity index (χ3v) is 3.77. The Labute approximate surface area is 133 Å². The minimum Gasteiger partial charge on any atom is -0.454 e. The summed E-state index contributed by atoms with van der Waals surface area (Å²) >= 11 is 0. The highest BCUT2D eigenvalue weighted by Gasteiger charge is 2.18. The SMILES string of the molecule is Cc1ccc(C(=O)COC(=O)c2ccc3c(c2)OCO3)cc1C. The molecule has 0 bridgehead atoms. The summed E-state index contributed by atoms with van der Waals surface area (Å²) in [5.41, 5.74) is 2.99. The zero-order valence-corrected chi connectivity index (χ0v) is 12.9. The lowest BCUT2D eigenvalue weighted by atomic mass is 10.0. The number of ether oxygens (including phenoxy) is 3. The highest BCUT2D eigenvalue weighted by molar-refractivity contribution is 5.99. The van der Waals surface area contributed by atoms with E-state index in [-0.39, 0.29) is 19.2 Å². The Morgan fingerprint density at radius 3 is 2.48 bits per heavy atom. The summed E-state index contributed by atoms with van der Waals surface area (Å²) in [5, 5.41) is 0. The van der Waals surface area contributed by atoms with Crippen molar-refractivity contribution in [3.8, 4) is 11.5 Å².